The van der Waals surface area contributed by atoms with Crippen LogP contribution in [0.25, 0.3) is 22.3 Å². The van der Waals surface area contributed by atoms with Crippen molar-refractivity contribution >= 4 is 22.8 Å². The lowest BCUT2D eigenvalue weighted by molar-refractivity contribution is 0.0922. The summed E-state index contributed by atoms with van der Waals surface area (Å²) in [5.41, 5.74) is 2.36. The van der Waals surface area contributed by atoms with Crippen molar-refractivity contribution in [2.24, 2.45) is 0 Å². The molecule has 0 bridgehead atoms. The van der Waals surface area contributed by atoms with E-state index in [0.29, 0.717) is 32.8 Å². The molecule has 1 aromatic carbocycles. The van der Waals surface area contributed by atoms with Crippen LogP contribution in [0.1, 0.15) is 6.92 Å². The number of hydrogen-bond acceptors (Lipinski definition) is 8. The zero-order chi connectivity index (χ0) is 21.4. The molecular formula is C21H24N6O4. The molecule has 10 nitrogen and oxygen atoms in total. The predicted molar refractivity (Wildman–Crippen MR) is 113 cm³/mol. The normalized spacial score (nSPS) is 19.4. The maximum atomic E-state index is 11.7. The molecule has 1 unspecified atom stereocenters. The van der Waals surface area contributed by atoms with E-state index in [-0.39, 0.29) is 18.2 Å². The van der Waals surface area contributed by atoms with Crippen molar-refractivity contribution < 1.29 is 19.0 Å². The predicted octanol–water partition coefficient (Wildman–Crippen LogP) is 2.07. The Bertz CT molecular complexity index is 1100. The minimum absolute atomic E-state index is 0.0553. The van der Waals surface area contributed by atoms with E-state index >= 15 is 0 Å². The summed E-state index contributed by atoms with van der Waals surface area (Å²) in [7, 11) is 1.65. The smallest absolute Gasteiger partial charge is 0.410 e. The van der Waals surface area contributed by atoms with Gasteiger partial charge in [-0.2, -0.15) is 5.10 Å². The molecule has 1 N–H and O–H groups in total. The number of aromatic nitrogens is 4. The Kier molecular flexibility index (Phi) is 5.06. The first-order valence-corrected chi connectivity index (χ1v) is 10.3. The van der Waals surface area contributed by atoms with Crippen LogP contribution >= 0.6 is 0 Å². The Morgan fingerprint density at radius 2 is 2.19 bits per heavy atom. The van der Waals surface area contributed by atoms with E-state index in [1.165, 1.54) is 0 Å². The molecule has 2 aliphatic heterocycles. The first-order valence-electron chi connectivity index (χ1n) is 10.3. The number of piperazine rings is 1. The molecule has 5 rings (SSSR count). The van der Waals surface area contributed by atoms with Crippen molar-refractivity contribution in [1.29, 1.82) is 0 Å². The lowest BCUT2D eigenvalue weighted by Crippen LogP contribution is -2.52. The number of ether oxygens (including phenoxy) is 3. The highest BCUT2D eigenvalue weighted by molar-refractivity contribution is 5.93. The number of rotatable bonds is 6. The number of H-pyrrole nitrogens is 1. The minimum Gasteiger partial charge on any atom is -0.488 e. The molecule has 2 atom stereocenters. The number of benzene rings is 1. The van der Waals surface area contributed by atoms with Gasteiger partial charge in [-0.15, -0.1) is 0 Å². The van der Waals surface area contributed by atoms with Crippen molar-refractivity contribution in [2.75, 3.05) is 44.9 Å². The number of carbonyl (C=O) groups is 1. The Hall–Kier alpha value is -3.40. The molecule has 2 aromatic heterocycles. The fourth-order valence-corrected chi connectivity index (χ4v) is 4.11. The second-order valence-corrected chi connectivity index (χ2v) is 7.80. The zero-order valence-corrected chi connectivity index (χ0v) is 17.4. The largest absolute Gasteiger partial charge is 0.488 e. The number of nitrogens with zero attached hydrogens (tertiary/aromatic N) is 5. The monoisotopic (exact) mass is 424 g/mol. The van der Waals surface area contributed by atoms with Crippen molar-refractivity contribution in [3.05, 3.63) is 30.6 Å². The van der Waals surface area contributed by atoms with Gasteiger partial charge in [-0.1, -0.05) is 0 Å². The van der Waals surface area contributed by atoms with Crippen LogP contribution in [-0.4, -0.2) is 83.3 Å². The second-order valence-electron chi connectivity index (χ2n) is 7.80. The van der Waals surface area contributed by atoms with Gasteiger partial charge in [0.05, 0.1) is 23.9 Å². The van der Waals surface area contributed by atoms with Gasteiger partial charge in [0.15, 0.2) is 0 Å². The number of methoxy groups -OCH3 is 1. The summed E-state index contributed by atoms with van der Waals surface area (Å²) in [5.74, 6) is 1.55. The number of carbonyl (C=O) groups excluding carboxylic acids is 1. The first kappa shape index (κ1) is 19.6. The topological polar surface area (TPSA) is 106 Å². The average molecular weight is 424 g/mol. The first-order chi connectivity index (χ1) is 15.1. The highest BCUT2D eigenvalue weighted by atomic mass is 16.6. The molecular weight excluding hydrogens is 400 g/mol. The molecule has 0 spiro atoms. The molecule has 0 aliphatic carbocycles. The van der Waals surface area contributed by atoms with Gasteiger partial charge < -0.3 is 19.1 Å². The molecule has 31 heavy (non-hydrogen) atoms. The third-order valence-corrected chi connectivity index (χ3v) is 5.61. The van der Waals surface area contributed by atoms with Gasteiger partial charge in [-0.3, -0.25) is 10.00 Å². The number of fused-ring (bicyclic) bond motifs is 2. The molecule has 0 saturated carbocycles. The van der Waals surface area contributed by atoms with Crippen LogP contribution < -0.4 is 9.64 Å². The molecule has 1 amide bonds. The quantitative estimate of drug-likeness (QED) is 0.641. The standard InChI is InChI=1S/C21H24N6O4/c1-13(10-29-2)31-15-3-4-17-16(7-15)20(25-24-17)18-8-19(23-12-22-18)26-5-6-27-14(9-26)11-30-21(27)28/h3-4,7-8,12-14H,5-6,9-11H2,1-2H3,(H,24,25)/t13-,14?/m0/s1. The fraction of sp³-hybridized carbons (Fsp3) is 0.429. The highest BCUT2D eigenvalue weighted by Crippen LogP contribution is 2.30. The molecule has 2 fully saturated rings. The van der Waals surface area contributed by atoms with Gasteiger partial charge >= 0.3 is 6.09 Å². The molecule has 0 radical (unpaired) electrons. The molecule has 3 aromatic rings. The van der Waals surface area contributed by atoms with E-state index in [0.717, 1.165) is 33.9 Å². The third kappa shape index (κ3) is 3.74. The van der Waals surface area contributed by atoms with Crippen LogP contribution in [0.15, 0.2) is 30.6 Å². The molecule has 2 aliphatic rings. The van der Waals surface area contributed by atoms with Gasteiger partial charge in [-0.25, -0.2) is 14.8 Å². The lowest BCUT2D eigenvalue weighted by Gasteiger charge is -2.36. The summed E-state index contributed by atoms with van der Waals surface area (Å²) in [6.07, 6.45) is 1.26. The van der Waals surface area contributed by atoms with Crippen LogP contribution in [-0.2, 0) is 9.47 Å². The van der Waals surface area contributed by atoms with Crippen molar-refractivity contribution in [2.45, 2.75) is 19.1 Å². The van der Waals surface area contributed by atoms with Crippen molar-refractivity contribution in [1.82, 2.24) is 25.1 Å². The van der Waals surface area contributed by atoms with Crippen LogP contribution in [0.2, 0.25) is 0 Å². The minimum atomic E-state index is -0.228. The highest BCUT2D eigenvalue weighted by Gasteiger charge is 2.37. The maximum Gasteiger partial charge on any atom is 0.410 e. The van der Waals surface area contributed by atoms with E-state index in [1.54, 1.807) is 18.3 Å². The van der Waals surface area contributed by atoms with Gasteiger partial charge in [0.1, 0.15) is 36.3 Å². The summed E-state index contributed by atoms with van der Waals surface area (Å²) < 4.78 is 16.3. The van der Waals surface area contributed by atoms with E-state index in [2.05, 4.69) is 25.1 Å². The average Bonchev–Trinajstić information content (AvgIpc) is 3.37. The number of anilines is 1. The molecule has 162 valence electrons. The van der Waals surface area contributed by atoms with E-state index in [1.807, 2.05) is 31.2 Å². The van der Waals surface area contributed by atoms with E-state index in [4.69, 9.17) is 14.2 Å². The Morgan fingerprint density at radius 1 is 1.29 bits per heavy atom. The molecule has 4 heterocycles. The Balaban J connectivity index is 1.41. The van der Waals surface area contributed by atoms with Crippen molar-refractivity contribution in [3.8, 4) is 17.1 Å². The van der Waals surface area contributed by atoms with Crippen LogP contribution in [0, 0.1) is 0 Å². The van der Waals surface area contributed by atoms with Crippen LogP contribution in [0.5, 0.6) is 5.75 Å². The van der Waals surface area contributed by atoms with E-state index in [9.17, 15) is 4.79 Å². The fourth-order valence-electron chi connectivity index (χ4n) is 4.11. The van der Waals surface area contributed by atoms with Crippen molar-refractivity contribution in [3.63, 3.8) is 0 Å². The summed E-state index contributed by atoms with van der Waals surface area (Å²) in [4.78, 5) is 24.6. The number of amides is 1. The van der Waals surface area contributed by atoms with Crippen LogP contribution in [0.3, 0.4) is 0 Å². The zero-order valence-electron chi connectivity index (χ0n) is 17.4. The Labute approximate surface area is 179 Å². The number of cyclic esters (lactones) is 1. The number of aromatic amines is 1. The van der Waals surface area contributed by atoms with Crippen LogP contribution in [0.4, 0.5) is 10.6 Å². The van der Waals surface area contributed by atoms with Gasteiger partial charge in [-0.05, 0) is 25.1 Å². The number of hydrogen-bond donors (Lipinski definition) is 1. The SMILES string of the molecule is COC[C@H](C)Oc1ccc2[nH]nc(-c3cc(N4CCN5C(=O)OCC5C4)ncn3)c2c1. The second kappa shape index (κ2) is 8.03. The maximum absolute atomic E-state index is 11.7. The summed E-state index contributed by atoms with van der Waals surface area (Å²) in [6, 6.07) is 7.80. The third-order valence-electron chi connectivity index (χ3n) is 5.61. The summed E-state index contributed by atoms with van der Waals surface area (Å²) in [6.45, 7) is 4.88. The van der Waals surface area contributed by atoms with E-state index < -0.39 is 0 Å². The summed E-state index contributed by atoms with van der Waals surface area (Å²) in [5, 5.41) is 8.47. The lowest BCUT2D eigenvalue weighted by atomic mass is 10.1. The van der Waals surface area contributed by atoms with Gasteiger partial charge in [0.25, 0.3) is 0 Å². The molecule has 2 saturated heterocycles. The molecule has 10 heteroatoms. The van der Waals surface area contributed by atoms with Gasteiger partial charge in [0.2, 0.25) is 0 Å². The number of nitrogens with one attached hydrogen (secondary N) is 1. The summed E-state index contributed by atoms with van der Waals surface area (Å²) >= 11 is 0. The Morgan fingerprint density at radius 3 is 3.06 bits per heavy atom. The van der Waals surface area contributed by atoms with Gasteiger partial charge in [0, 0.05) is 38.2 Å².